The molecule has 5 nitrogen and oxygen atoms in total. The second-order valence-electron chi connectivity index (χ2n) is 7.74. The topological polar surface area (TPSA) is 52.7 Å². The SMILES string of the molecule is Cc1ccccc1C(=O)Nc1ccc(N2CCCN(Cc3cccc(Cl)c3F)C2=O)cc1. The first-order valence-corrected chi connectivity index (χ1v) is 10.8. The van der Waals surface area contributed by atoms with Gasteiger partial charge in [0, 0.05) is 35.6 Å². The van der Waals surface area contributed by atoms with E-state index in [2.05, 4.69) is 5.32 Å². The number of nitrogens with zero attached hydrogens (tertiary/aromatic N) is 2. The highest BCUT2D eigenvalue weighted by atomic mass is 35.5. The molecule has 1 fully saturated rings. The summed E-state index contributed by atoms with van der Waals surface area (Å²) in [6.07, 6.45) is 0.764. The zero-order chi connectivity index (χ0) is 22.7. The van der Waals surface area contributed by atoms with Gasteiger partial charge >= 0.3 is 6.03 Å². The van der Waals surface area contributed by atoms with Crippen molar-refractivity contribution in [3.8, 4) is 0 Å². The Morgan fingerprint density at radius 2 is 1.78 bits per heavy atom. The second kappa shape index (κ2) is 9.40. The number of carbonyl (C=O) groups is 2. The fourth-order valence-corrected chi connectivity index (χ4v) is 3.99. The minimum atomic E-state index is -0.493. The third-order valence-corrected chi connectivity index (χ3v) is 5.82. The summed E-state index contributed by atoms with van der Waals surface area (Å²) in [6.45, 7) is 3.17. The van der Waals surface area contributed by atoms with Gasteiger partial charge in [0.05, 0.1) is 11.6 Å². The number of hydrogen-bond donors (Lipinski definition) is 1. The molecule has 0 spiro atoms. The van der Waals surface area contributed by atoms with E-state index in [0.29, 0.717) is 29.9 Å². The lowest BCUT2D eigenvalue weighted by Gasteiger charge is -2.35. The van der Waals surface area contributed by atoms with Gasteiger partial charge in [0.25, 0.3) is 5.91 Å². The van der Waals surface area contributed by atoms with Crippen LogP contribution in [0.15, 0.2) is 66.7 Å². The van der Waals surface area contributed by atoms with Gasteiger partial charge in [-0.1, -0.05) is 41.9 Å². The quantitative estimate of drug-likeness (QED) is 0.527. The highest BCUT2D eigenvalue weighted by Crippen LogP contribution is 2.25. The van der Waals surface area contributed by atoms with Gasteiger partial charge in [-0.25, -0.2) is 9.18 Å². The first kappa shape index (κ1) is 21.8. The van der Waals surface area contributed by atoms with Gasteiger partial charge in [-0.3, -0.25) is 9.69 Å². The van der Waals surface area contributed by atoms with Crippen LogP contribution in [0, 0.1) is 12.7 Å². The van der Waals surface area contributed by atoms with Gasteiger partial charge in [0.15, 0.2) is 0 Å². The van der Waals surface area contributed by atoms with E-state index in [0.717, 1.165) is 17.7 Å². The van der Waals surface area contributed by atoms with Crippen LogP contribution in [0.2, 0.25) is 5.02 Å². The third-order valence-electron chi connectivity index (χ3n) is 5.53. The molecule has 1 heterocycles. The van der Waals surface area contributed by atoms with Crippen LogP contribution in [0.4, 0.5) is 20.6 Å². The summed E-state index contributed by atoms with van der Waals surface area (Å²) >= 11 is 5.87. The van der Waals surface area contributed by atoms with Crippen LogP contribution in [0.1, 0.15) is 27.9 Å². The number of nitrogens with one attached hydrogen (secondary N) is 1. The molecule has 0 atom stereocenters. The van der Waals surface area contributed by atoms with Crippen molar-refractivity contribution in [1.29, 1.82) is 0 Å². The van der Waals surface area contributed by atoms with E-state index in [4.69, 9.17) is 11.6 Å². The summed E-state index contributed by atoms with van der Waals surface area (Å²) in [6, 6.07) is 19.2. The molecule has 3 aromatic rings. The van der Waals surface area contributed by atoms with Crippen molar-refractivity contribution in [1.82, 2.24) is 4.90 Å². The van der Waals surface area contributed by atoms with Gasteiger partial charge in [-0.05, 0) is 55.3 Å². The molecular formula is C25H23ClFN3O2. The molecule has 0 unspecified atom stereocenters. The summed E-state index contributed by atoms with van der Waals surface area (Å²) in [5.74, 6) is -0.674. The fraction of sp³-hybridized carbons (Fsp3) is 0.200. The van der Waals surface area contributed by atoms with Gasteiger partial charge in [-0.15, -0.1) is 0 Å². The Kier molecular flexibility index (Phi) is 6.42. The highest BCUT2D eigenvalue weighted by molar-refractivity contribution is 6.30. The smallest absolute Gasteiger partial charge is 0.322 e. The minimum absolute atomic E-state index is 0.0483. The van der Waals surface area contributed by atoms with Crippen LogP contribution in [0.25, 0.3) is 0 Å². The Morgan fingerprint density at radius 3 is 2.53 bits per heavy atom. The van der Waals surface area contributed by atoms with Crippen LogP contribution >= 0.6 is 11.6 Å². The van der Waals surface area contributed by atoms with Crippen LogP contribution in [0.5, 0.6) is 0 Å². The van der Waals surface area contributed by atoms with E-state index >= 15 is 0 Å². The van der Waals surface area contributed by atoms with Crippen molar-refractivity contribution in [2.75, 3.05) is 23.3 Å². The van der Waals surface area contributed by atoms with Crippen molar-refractivity contribution in [3.05, 3.63) is 94.3 Å². The maximum absolute atomic E-state index is 14.3. The van der Waals surface area contributed by atoms with E-state index in [9.17, 15) is 14.0 Å². The number of benzene rings is 3. The predicted molar refractivity (Wildman–Crippen MR) is 125 cm³/mol. The molecular weight excluding hydrogens is 429 g/mol. The Balaban J connectivity index is 1.45. The Labute approximate surface area is 191 Å². The normalized spacial score (nSPS) is 13.9. The fourth-order valence-electron chi connectivity index (χ4n) is 3.79. The molecule has 0 radical (unpaired) electrons. The average Bonchev–Trinajstić information content (AvgIpc) is 2.79. The summed E-state index contributed by atoms with van der Waals surface area (Å²) in [4.78, 5) is 28.8. The number of anilines is 2. The number of aryl methyl sites for hydroxylation is 1. The Bertz CT molecular complexity index is 1150. The van der Waals surface area contributed by atoms with E-state index in [1.165, 1.54) is 6.07 Å². The summed E-state index contributed by atoms with van der Waals surface area (Å²) < 4.78 is 14.3. The summed E-state index contributed by atoms with van der Waals surface area (Å²) in [5.41, 5.74) is 3.27. The number of hydrogen-bond acceptors (Lipinski definition) is 2. The largest absolute Gasteiger partial charge is 0.324 e. The summed E-state index contributed by atoms with van der Waals surface area (Å²) in [7, 11) is 0. The zero-order valence-corrected chi connectivity index (χ0v) is 18.4. The van der Waals surface area contributed by atoms with Crippen molar-refractivity contribution >= 4 is 34.9 Å². The van der Waals surface area contributed by atoms with Gasteiger partial charge in [0.1, 0.15) is 5.82 Å². The zero-order valence-electron chi connectivity index (χ0n) is 17.6. The molecule has 3 aromatic carbocycles. The number of rotatable bonds is 5. The molecule has 1 aliphatic rings. The molecule has 0 bridgehead atoms. The maximum Gasteiger partial charge on any atom is 0.324 e. The number of amides is 3. The number of halogens is 2. The lowest BCUT2D eigenvalue weighted by molar-refractivity contribution is 0.102. The molecule has 3 amide bonds. The molecule has 164 valence electrons. The molecule has 1 saturated heterocycles. The molecule has 0 saturated carbocycles. The average molecular weight is 452 g/mol. The van der Waals surface area contributed by atoms with E-state index in [1.54, 1.807) is 52.3 Å². The molecule has 0 aliphatic carbocycles. The van der Waals surface area contributed by atoms with E-state index in [1.807, 2.05) is 25.1 Å². The number of carbonyl (C=O) groups excluding carboxylic acids is 2. The van der Waals surface area contributed by atoms with Crippen LogP contribution in [-0.4, -0.2) is 29.9 Å². The lowest BCUT2D eigenvalue weighted by atomic mass is 10.1. The molecule has 4 rings (SSSR count). The monoisotopic (exact) mass is 451 g/mol. The first-order chi connectivity index (χ1) is 15.4. The van der Waals surface area contributed by atoms with E-state index < -0.39 is 5.82 Å². The van der Waals surface area contributed by atoms with Crippen LogP contribution in [-0.2, 0) is 6.54 Å². The third kappa shape index (κ3) is 4.60. The first-order valence-electron chi connectivity index (χ1n) is 10.4. The second-order valence-corrected chi connectivity index (χ2v) is 8.15. The predicted octanol–water partition coefficient (Wildman–Crippen LogP) is 5.87. The van der Waals surface area contributed by atoms with Crippen LogP contribution in [0.3, 0.4) is 0 Å². The Hall–Kier alpha value is -3.38. The molecule has 0 aromatic heterocycles. The van der Waals surface area contributed by atoms with Gasteiger partial charge < -0.3 is 10.2 Å². The molecule has 7 heteroatoms. The number of urea groups is 1. The minimum Gasteiger partial charge on any atom is -0.322 e. The lowest BCUT2D eigenvalue weighted by Crippen LogP contribution is -2.49. The standard InChI is InChI=1S/C25H23ClFN3O2/c1-17-6-2-3-8-21(17)24(31)28-19-10-12-20(13-11-19)30-15-5-14-29(25(30)32)16-18-7-4-9-22(26)23(18)27/h2-4,6-13H,5,14-16H2,1H3,(H,28,31). The van der Waals surface area contributed by atoms with Crippen molar-refractivity contribution < 1.29 is 14.0 Å². The van der Waals surface area contributed by atoms with Crippen LogP contribution < -0.4 is 10.2 Å². The summed E-state index contributed by atoms with van der Waals surface area (Å²) in [5, 5.41) is 2.93. The van der Waals surface area contributed by atoms with Gasteiger partial charge in [0.2, 0.25) is 0 Å². The van der Waals surface area contributed by atoms with Crippen molar-refractivity contribution in [2.24, 2.45) is 0 Å². The van der Waals surface area contributed by atoms with Gasteiger partial charge in [-0.2, -0.15) is 0 Å². The maximum atomic E-state index is 14.3. The molecule has 1 aliphatic heterocycles. The molecule has 32 heavy (non-hydrogen) atoms. The van der Waals surface area contributed by atoms with Crippen molar-refractivity contribution in [3.63, 3.8) is 0 Å². The van der Waals surface area contributed by atoms with E-state index in [-0.39, 0.29) is 23.5 Å². The Morgan fingerprint density at radius 1 is 1.03 bits per heavy atom. The molecule has 1 N–H and O–H groups in total. The van der Waals surface area contributed by atoms with Crippen molar-refractivity contribution in [2.45, 2.75) is 19.9 Å². The highest BCUT2D eigenvalue weighted by Gasteiger charge is 2.27.